The Morgan fingerprint density at radius 2 is 2.14 bits per heavy atom. The molecule has 1 aromatic rings. The maximum Gasteiger partial charge on any atom is 0.0561 e. The van der Waals surface area contributed by atoms with Crippen LogP contribution in [0.4, 0.5) is 0 Å². The first kappa shape index (κ1) is 16.9. The second kappa shape index (κ2) is 8.28. The van der Waals surface area contributed by atoms with Crippen molar-refractivity contribution in [2.24, 2.45) is 0 Å². The van der Waals surface area contributed by atoms with Crippen LogP contribution in [0.2, 0.25) is 0 Å². The van der Waals surface area contributed by atoms with Gasteiger partial charge >= 0.3 is 0 Å². The highest BCUT2D eigenvalue weighted by Crippen LogP contribution is 2.23. The summed E-state index contributed by atoms with van der Waals surface area (Å²) in [5.41, 5.74) is 0. The lowest BCUT2D eigenvalue weighted by Crippen LogP contribution is -2.38. The lowest BCUT2D eigenvalue weighted by molar-refractivity contribution is 0.227. The molecule has 0 bridgehead atoms. The van der Waals surface area contributed by atoms with Crippen LogP contribution in [-0.2, 0) is 0 Å². The molecule has 1 saturated heterocycles. The van der Waals surface area contributed by atoms with Crippen LogP contribution in [0.1, 0.15) is 44.0 Å². The van der Waals surface area contributed by atoms with Crippen molar-refractivity contribution in [2.45, 2.75) is 51.2 Å². The molecule has 3 nitrogen and oxygen atoms in total. The maximum absolute atomic E-state index is 3.83. The van der Waals surface area contributed by atoms with E-state index in [9.17, 15) is 0 Å². The summed E-state index contributed by atoms with van der Waals surface area (Å²) >= 11 is 1.86. The Morgan fingerprint density at radius 3 is 2.76 bits per heavy atom. The van der Waals surface area contributed by atoms with Crippen LogP contribution >= 0.6 is 11.3 Å². The highest BCUT2D eigenvalue weighted by molar-refractivity contribution is 7.10. The van der Waals surface area contributed by atoms with Crippen molar-refractivity contribution in [1.82, 2.24) is 15.1 Å². The van der Waals surface area contributed by atoms with Gasteiger partial charge in [-0.3, -0.25) is 0 Å². The Balaban J connectivity index is 1.84. The molecule has 0 spiro atoms. The maximum atomic E-state index is 3.83. The summed E-state index contributed by atoms with van der Waals surface area (Å²) in [6, 6.07) is 6.27. The Labute approximate surface area is 134 Å². The largest absolute Gasteiger partial charge is 0.312 e. The zero-order valence-electron chi connectivity index (χ0n) is 14.0. The van der Waals surface area contributed by atoms with E-state index < -0.39 is 0 Å². The molecule has 2 unspecified atom stereocenters. The van der Waals surface area contributed by atoms with Crippen molar-refractivity contribution in [3.05, 3.63) is 22.4 Å². The molecule has 4 heteroatoms. The Kier molecular flexibility index (Phi) is 6.68. The number of nitrogens with zero attached hydrogens (tertiary/aromatic N) is 2. The first-order valence-electron chi connectivity index (χ1n) is 8.25. The Morgan fingerprint density at radius 1 is 1.33 bits per heavy atom. The molecule has 0 aromatic carbocycles. The fourth-order valence-electron chi connectivity index (χ4n) is 3.14. The first-order valence-corrected chi connectivity index (χ1v) is 9.13. The summed E-state index contributed by atoms with van der Waals surface area (Å²) in [5.74, 6) is 0. The lowest BCUT2D eigenvalue weighted by atomic mass is 10.1. The van der Waals surface area contributed by atoms with Gasteiger partial charge in [-0.25, -0.2) is 0 Å². The molecule has 1 aromatic heterocycles. The topological polar surface area (TPSA) is 18.5 Å². The van der Waals surface area contributed by atoms with Crippen molar-refractivity contribution in [2.75, 3.05) is 33.7 Å². The molecule has 2 atom stereocenters. The summed E-state index contributed by atoms with van der Waals surface area (Å²) < 4.78 is 0. The Bertz CT molecular complexity index is 389. The number of likely N-dealkylation sites (N-methyl/N-ethyl adjacent to an activating group) is 1. The summed E-state index contributed by atoms with van der Waals surface area (Å²) in [6.07, 6.45) is 3.91. The SMILES string of the molecule is CC(C)N1CCCC(NCC(c2cccs2)N(C)C)CC1. The van der Waals surface area contributed by atoms with Gasteiger partial charge in [-0.15, -0.1) is 11.3 Å². The quantitative estimate of drug-likeness (QED) is 0.870. The monoisotopic (exact) mass is 309 g/mol. The van der Waals surface area contributed by atoms with Crippen LogP contribution in [0.3, 0.4) is 0 Å². The molecular weight excluding hydrogens is 278 g/mol. The summed E-state index contributed by atoms with van der Waals surface area (Å²) in [5, 5.41) is 6.01. The minimum atomic E-state index is 0.495. The van der Waals surface area contributed by atoms with E-state index in [1.54, 1.807) is 0 Å². The molecule has 0 radical (unpaired) electrons. The van der Waals surface area contributed by atoms with Gasteiger partial charge in [0.15, 0.2) is 0 Å². The summed E-state index contributed by atoms with van der Waals surface area (Å²) in [7, 11) is 4.36. The molecule has 2 heterocycles. The summed E-state index contributed by atoms with van der Waals surface area (Å²) in [4.78, 5) is 6.41. The van der Waals surface area contributed by atoms with Gasteiger partial charge in [0.2, 0.25) is 0 Å². The lowest BCUT2D eigenvalue weighted by Gasteiger charge is -2.27. The molecule has 0 amide bonds. The normalized spacial score (nSPS) is 22.7. The average Bonchev–Trinajstić information content (AvgIpc) is 2.84. The van der Waals surface area contributed by atoms with E-state index in [1.807, 2.05) is 11.3 Å². The zero-order valence-corrected chi connectivity index (χ0v) is 14.8. The number of rotatable bonds is 6. The highest BCUT2D eigenvalue weighted by atomic mass is 32.1. The molecule has 21 heavy (non-hydrogen) atoms. The van der Waals surface area contributed by atoms with Crippen molar-refractivity contribution in [3.8, 4) is 0 Å². The second-order valence-electron chi connectivity index (χ2n) is 6.66. The third kappa shape index (κ3) is 5.06. The van der Waals surface area contributed by atoms with Crippen LogP contribution < -0.4 is 5.32 Å². The third-order valence-electron chi connectivity index (χ3n) is 4.59. The standard InChI is InChI=1S/C17H31N3S/c1-14(2)20-10-5-7-15(9-11-20)18-13-16(19(3)4)17-8-6-12-21-17/h6,8,12,14-16,18H,5,7,9-11,13H2,1-4H3. The van der Waals surface area contributed by atoms with Crippen LogP contribution in [0.5, 0.6) is 0 Å². The van der Waals surface area contributed by atoms with E-state index in [0.717, 1.165) is 6.54 Å². The Hall–Kier alpha value is -0.420. The molecule has 1 aliphatic heterocycles. The van der Waals surface area contributed by atoms with Gasteiger partial charge in [0.25, 0.3) is 0 Å². The molecule has 0 aliphatic carbocycles. The van der Waals surface area contributed by atoms with E-state index in [-0.39, 0.29) is 0 Å². The third-order valence-corrected chi connectivity index (χ3v) is 5.56. The van der Waals surface area contributed by atoms with Gasteiger partial charge in [-0.05, 0) is 71.7 Å². The average molecular weight is 310 g/mol. The predicted octanol–water partition coefficient (Wildman–Crippen LogP) is 3.20. The van der Waals surface area contributed by atoms with E-state index in [0.29, 0.717) is 18.1 Å². The molecule has 1 N–H and O–H groups in total. The second-order valence-corrected chi connectivity index (χ2v) is 7.64. The van der Waals surface area contributed by atoms with Gasteiger partial charge in [0, 0.05) is 23.5 Å². The molecule has 2 rings (SSSR count). The number of likely N-dealkylation sites (tertiary alicyclic amines) is 1. The number of hydrogen-bond acceptors (Lipinski definition) is 4. The fraction of sp³-hybridized carbons (Fsp3) is 0.765. The minimum Gasteiger partial charge on any atom is -0.312 e. The fourth-order valence-corrected chi connectivity index (χ4v) is 4.06. The van der Waals surface area contributed by atoms with E-state index in [1.165, 1.54) is 37.2 Å². The number of nitrogens with one attached hydrogen (secondary N) is 1. The first-order chi connectivity index (χ1) is 10.1. The molecule has 1 fully saturated rings. The zero-order chi connectivity index (χ0) is 15.2. The van der Waals surface area contributed by atoms with Crippen LogP contribution in [0, 0.1) is 0 Å². The van der Waals surface area contributed by atoms with Crippen LogP contribution in [-0.4, -0.2) is 55.6 Å². The molecule has 0 saturated carbocycles. The van der Waals surface area contributed by atoms with Gasteiger partial charge in [0.1, 0.15) is 0 Å². The van der Waals surface area contributed by atoms with E-state index in [2.05, 4.69) is 60.6 Å². The molecular formula is C17H31N3S. The molecule has 1 aliphatic rings. The van der Waals surface area contributed by atoms with Crippen molar-refractivity contribution < 1.29 is 0 Å². The number of thiophene rings is 1. The van der Waals surface area contributed by atoms with Crippen molar-refractivity contribution >= 4 is 11.3 Å². The van der Waals surface area contributed by atoms with Gasteiger partial charge in [0.05, 0.1) is 6.04 Å². The molecule has 120 valence electrons. The smallest absolute Gasteiger partial charge is 0.0561 e. The summed E-state index contributed by atoms with van der Waals surface area (Å²) in [6.45, 7) is 8.18. The van der Waals surface area contributed by atoms with Gasteiger partial charge in [-0.1, -0.05) is 6.07 Å². The van der Waals surface area contributed by atoms with Crippen molar-refractivity contribution in [1.29, 1.82) is 0 Å². The van der Waals surface area contributed by atoms with Gasteiger partial charge < -0.3 is 15.1 Å². The van der Waals surface area contributed by atoms with E-state index >= 15 is 0 Å². The highest BCUT2D eigenvalue weighted by Gasteiger charge is 2.21. The predicted molar refractivity (Wildman–Crippen MR) is 93.1 cm³/mol. The number of hydrogen-bond donors (Lipinski definition) is 1. The van der Waals surface area contributed by atoms with Crippen molar-refractivity contribution in [3.63, 3.8) is 0 Å². The van der Waals surface area contributed by atoms with Crippen LogP contribution in [0.25, 0.3) is 0 Å². The van der Waals surface area contributed by atoms with E-state index in [4.69, 9.17) is 0 Å². The minimum absolute atomic E-state index is 0.495. The van der Waals surface area contributed by atoms with Gasteiger partial charge in [-0.2, -0.15) is 0 Å². The van der Waals surface area contributed by atoms with Crippen LogP contribution in [0.15, 0.2) is 17.5 Å².